The largest absolute Gasteiger partial charge is 0.457 e. The van der Waals surface area contributed by atoms with Crippen LogP contribution >= 0.6 is 0 Å². The number of rotatable bonds is 4. The average Bonchev–Trinajstić information content (AvgIpc) is 2.75. The molecule has 0 aliphatic heterocycles. The Balaban J connectivity index is 1.50. The summed E-state index contributed by atoms with van der Waals surface area (Å²) in [4.78, 5) is 23.7. The van der Waals surface area contributed by atoms with E-state index < -0.39 is 23.6 Å². The summed E-state index contributed by atoms with van der Waals surface area (Å²) in [5.74, 6) is -1.17. The van der Waals surface area contributed by atoms with E-state index >= 15 is 0 Å². The lowest BCUT2D eigenvalue weighted by molar-refractivity contribution is -0.141. The van der Waals surface area contributed by atoms with Crippen LogP contribution < -0.4 is 10.1 Å². The van der Waals surface area contributed by atoms with Gasteiger partial charge in [-0.15, -0.1) is 0 Å². The normalized spacial score (nSPS) is 11.4. The van der Waals surface area contributed by atoms with Crippen molar-refractivity contribution in [2.75, 3.05) is 5.32 Å². The molecule has 31 heavy (non-hydrogen) atoms. The Morgan fingerprint density at radius 3 is 2.29 bits per heavy atom. The van der Waals surface area contributed by atoms with Gasteiger partial charge in [0, 0.05) is 36.3 Å². The van der Waals surface area contributed by atoms with Gasteiger partial charge < -0.3 is 10.1 Å². The van der Waals surface area contributed by atoms with Crippen molar-refractivity contribution in [1.82, 2.24) is 15.0 Å². The van der Waals surface area contributed by atoms with Crippen molar-refractivity contribution < 1.29 is 27.1 Å². The van der Waals surface area contributed by atoms with E-state index in [-0.39, 0.29) is 17.0 Å². The van der Waals surface area contributed by atoms with Crippen molar-refractivity contribution >= 4 is 22.6 Å². The zero-order valence-electron chi connectivity index (χ0n) is 15.5. The molecule has 0 aliphatic carbocycles. The molecule has 2 aromatic heterocycles. The zero-order chi connectivity index (χ0) is 22.0. The van der Waals surface area contributed by atoms with Crippen LogP contribution in [0.5, 0.6) is 11.5 Å². The molecule has 4 rings (SSSR count). The summed E-state index contributed by atoms with van der Waals surface area (Å²) in [5.41, 5.74) is -0.473. The molecule has 10 heteroatoms. The molecule has 2 aromatic carbocycles. The van der Waals surface area contributed by atoms with Crippen LogP contribution in [0, 0.1) is 5.82 Å². The number of halogens is 4. The van der Waals surface area contributed by atoms with Crippen LogP contribution in [0.1, 0.15) is 16.1 Å². The van der Waals surface area contributed by atoms with E-state index in [1.165, 1.54) is 18.3 Å². The topological polar surface area (TPSA) is 77.0 Å². The summed E-state index contributed by atoms with van der Waals surface area (Å²) < 4.78 is 58.3. The smallest absolute Gasteiger partial charge is 0.433 e. The maximum absolute atomic E-state index is 14.4. The second kappa shape index (κ2) is 7.98. The van der Waals surface area contributed by atoms with Gasteiger partial charge in [-0.2, -0.15) is 13.2 Å². The number of aromatic nitrogens is 3. The average molecular weight is 428 g/mol. The second-order valence-corrected chi connectivity index (χ2v) is 6.33. The maximum atomic E-state index is 14.4. The molecule has 0 unspecified atom stereocenters. The van der Waals surface area contributed by atoms with Gasteiger partial charge in [-0.3, -0.25) is 19.7 Å². The molecule has 0 aliphatic rings. The van der Waals surface area contributed by atoms with Crippen molar-refractivity contribution in [2.45, 2.75) is 6.18 Å². The highest BCUT2D eigenvalue weighted by Crippen LogP contribution is 2.29. The first-order chi connectivity index (χ1) is 14.8. The summed E-state index contributed by atoms with van der Waals surface area (Å²) in [5, 5.41) is 2.24. The lowest BCUT2D eigenvalue weighted by atomic mass is 10.2. The van der Waals surface area contributed by atoms with E-state index in [0.717, 1.165) is 18.3 Å². The molecule has 0 spiro atoms. The lowest BCUT2D eigenvalue weighted by Crippen LogP contribution is -2.15. The van der Waals surface area contributed by atoms with Crippen molar-refractivity contribution in [3.63, 3.8) is 0 Å². The Labute approximate surface area is 172 Å². The molecule has 1 amide bonds. The molecule has 0 bridgehead atoms. The summed E-state index contributed by atoms with van der Waals surface area (Å²) in [7, 11) is 0. The van der Waals surface area contributed by atoms with E-state index in [1.54, 1.807) is 24.4 Å². The van der Waals surface area contributed by atoms with Crippen molar-refractivity contribution in [1.29, 1.82) is 0 Å². The van der Waals surface area contributed by atoms with Gasteiger partial charge in [0.1, 0.15) is 23.0 Å². The van der Waals surface area contributed by atoms with Crippen LogP contribution in [-0.2, 0) is 6.18 Å². The van der Waals surface area contributed by atoms with E-state index in [2.05, 4.69) is 20.3 Å². The number of hydrogen-bond acceptors (Lipinski definition) is 5. The number of benzene rings is 2. The highest BCUT2D eigenvalue weighted by atomic mass is 19.4. The Hall–Kier alpha value is -4.08. The fourth-order valence-corrected chi connectivity index (χ4v) is 2.72. The van der Waals surface area contributed by atoms with E-state index in [0.29, 0.717) is 22.8 Å². The number of nitrogens with zero attached hydrogens (tertiary/aromatic N) is 3. The first kappa shape index (κ1) is 20.2. The molecule has 0 atom stereocenters. The molecule has 1 N–H and O–H groups in total. The fraction of sp³-hybridized carbons (Fsp3) is 0.0476. The number of anilines is 1. The molecule has 0 fully saturated rings. The maximum Gasteiger partial charge on any atom is 0.433 e. The predicted octanol–water partition coefficient (Wildman–Crippen LogP) is 5.23. The SMILES string of the molecule is O=C(Nc1ccc(Oc2ccc3nccnc3c2)cc1F)c1ccnc(C(F)(F)F)c1. The van der Waals surface area contributed by atoms with E-state index in [9.17, 15) is 22.4 Å². The molecule has 2 heterocycles. The number of hydrogen-bond donors (Lipinski definition) is 1. The van der Waals surface area contributed by atoms with E-state index in [1.807, 2.05) is 0 Å². The number of carbonyl (C=O) groups is 1. The van der Waals surface area contributed by atoms with Gasteiger partial charge in [-0.25, -0.2) is 4.39 Å². The Kier molecular flexibility index (Phi) is 5.20. The van der Waals surface area contributed by atoms with Gasteiger partial charge in [-0.1, -0.05) is 0 Å². The molecular formula is C21H12F4N4O2. The predicted molar refractivity (Wildman–Crippen MR) is 103 cm³/mol. The molecule has 0 saturated carbocycles. The third-order valence-corrected chi connectivity index (χ3v) is 4.18. The minimum absolute atomic E-state index is 0.155. The summed E-state index contributed by atoms with van der Waals surface area (Å²) in [6.07, 6.45) is -0.751. The van der Waals surface area contributed by atoms with Crippen molar-refractivity contribution in [2.24, 2.45) is 0 Å². The third-order valence-electron chi connectivity index (χ3n) is 4.18. The fourth-order valence-electron chi connectivity index (χ4n) is 2.72. The Morgan fingerprint density at radius 2 is 1.55 bits per heavy atom. The Bertz CT molecular complexity index is 1280. The third kappa shape index (κ3) is 4.58. The van der Waals surface area contributed by atoms with Gasteiger partial charge in [0.05, 0.1) is 16.7 Å². The molecule has 0 saturated heterocycles. The van der Waals surface area contributed by atoms with Crippen LogP contribution in [0.4, 0.5) is 23.2 Å². The van der Waals surface area contributed by atoms with Crippen molar-refractivity contribution in [3.05, 3.63) is 84.2 Å². The highest BCUT2D eigenvalue weighted by molar-refractivity contribution is 6.04. The Morgan fingerprint density at radius 1 is 0.839 bits per heavy atom. The van der Waals surface area contributed by atoms with Gasteiger partial charge in [0.25, 0.3) is 5.91 Å². The number of amides is 1. The van der Waals surface area contributed by atoms with Crippen LogP contribution in [0.15, 0.2) is 67.1 Å². The first-order valence-electron chi connectivity index (χ1n) is 8.82. The highest BCUT2D eigenvalue weighted by Gasteiger charge is 2.33. The van der Waals surface area contributed by atoms with E-state index in [4.69, 9.17) is 4.74 Å². The second-order valence-electron chi connectivity index (χ2n) is 6.33. The van der Waals surface area contributed by atoms with Gasteiger partial charge in [-0.05, 0) is 36.4 Å². The molecule has 6 nitrogen and oxygen atoms in total. The van der Waals surface area contributed by atoms with Gasteiger partial charge >= 0.3 is 6.18 Å². The number of fused-ring (bicyclic) bond motifs is 1. The van der Waals surface area contributed by atoms with Crippen LogP contribution in [-0.4, -0.2) is 20.9 Å². The summed E-state index contributed by atoms with van der Waals surface area (Å²) in [6.45, 7) is 0. The monoisotopic (exact) mass is 428 g/mol. The first-order valence-corrected chi connectivity index (χ1v) is 8.82. The summed E-state index contributed by atoms with van der Waals surface area (Å²) in [6, 6.07) is 10.4. The minimum atomic E-state index is -4.70. The number of pyridine rings is 1. The van der Waals surface area contributed by atoms with Crippen LogP contribution in [0.25, 0.3) is 11.0 Å². The molecule has 0 radical (unpaired) electrons. The zero-order valence-corrected chi connectivity index (χ0v) is 15.5. The number of carbonyl (C=O) groups excluding carboxylic acids is 1. The van der Waals surface area contributed by atoms with Crippen LogP contribution in [0.3, 0.4) is 0 Å². The number of nitrogens with one attached hydrogen (secondary N) is 1. The molecule has 156 valence electrons. The minimum Gasteiger partial charge on any atom is -0.457 e. The molecule has 4 aromatic rings. The summed E-state index contributed by atoms with van der Waals surface area (Å²) >= 11 is 0. The standard InChI is InChI=1S/C21H12F4N4O2/c22-15-10-13(31-14-2-4-17-18(11-14)27-8-7-26-17)1-3-16(15)29-20(30)12-5-6-28-19(9-12)21(23,24)25/h1-11H,(H,29,30). The number of ether oxygens (including phenoxy) is 1. The van der Waals surface area contributed by atoms with Crippen LogP contribution in [0.2, 0.25) is 0 Å². The number of alkyl halides is 3. The van der Waals surface area contributed by atoms with Gasteiger partial charge in [0.15, 0.2) is 0 Å². The van der Waals surface area contributed by atoms with Crippen molar-refractivity contribution in [3.8, 4) is 11.5 Å². The molecular weight excluding hydrogens is 416 g/mol. The lowest BCUT2D eigenvalue weighted by Gasteiger charge is -2.11. The van der Waals surface area contributed by atoms with Gasteiger partial charge in [0.2, 0.25) is 0 Å². The quantitative estimate of drug-likeness (QED) is 0.451.